The van der Waals surface area contributed by atoms with Gasteiger partial charge in [-0.05, 0) is 19.3 Å². The Morgan fingerprint density at radius 2 is 2.05 bits per heavy atom. The first-order chi connectivity index (χ1) is 10.1. The van der Waals surface area contributed by atoms with Crippen LogP contribution in [-0.4, -0.2) is 40.3 Å². The Kier molecular flexibility index (Phi) is 4.41. The fourth-order valence-electron chi connectivity index (χ4n) is 2.37. The molecule has 124 valence electrons. The number of fused-ring (bicyclic) bond motifs is 1. The first-order valence-corrected chi connectivity index (χ1v) is 6.54. The number of aliphatic hydroxyl groups excluding tert-OH is 1. The maximum Gasteiger partial charge on any atom is 0.435 e. The van der Waals surface area contributed by atoms with E-state index in [1.165, 1.54) is 0 Å². The summed E-state index contributed by atoms with van der Waals surface area (Å²) in [5, 5.41) is 15.9. The second-order valence-corrected chi connectivity index (χ2v) is 5.20. The summed E-state index contributed by atoms with van der Waals surface area (Å²) >= 11 is 0. The SMILES string of the molecule is O=C(NCC(F)(F)CO)C1CCc2[nH]nc(C(F)(F)F)c2C1. The number of hydrogen-bond acceptors (Lipinski definition) is 3. The number of aromatic amines is 1. The number of halogens is 5. The van der Waals surface area contributed by atoms with Gasteiger partial charge >= 0.3 is 6.18 Å². The molecule has 0 aromatic carbocycles. The number of amides is 1. The third-order valence-electron chi connectivity index (χ3n) is 3.54. The molecule has 1 aromatic rings. The molecule has 5 nitrogen and oxygen atoms in total. The van der Waals surface area contributed by atoms with Gasteiger partial charge in [-0.2, -0.15) is 18.3 Å². The van der Waals surface area contributed by atoms with Crippen molar-refractivity contribution in [3.8, 4) is 0 Å². The number of carbonyl (C=O) groups is 1. The molecule has 1 atom stereocenters. The number of aliphatic hydroxyl groups is 1. The second-order valence-electron chi connectivity index (χ2n) is 5.20. The lowest BCUT2D eigenvalue weighted by Gasteiger charge is -2.23. The van der Waals surface area contributed by atoms with Crippen LogP contribution in [0.25, 0.3) is 0 Å². The number of H-pyrrole nitrogens is 1. The highest BCUT2D eigenvalue weighted by atomic mass is 19.4. The molecule has 22 heavy (non-hydrogen) atoms. The van der Waals surface area contributed by atoms with Crippen LogP contribution in [-0.2, 0) is 23.8 Å². The summed E-state index contributed by atoms with van der Waals surface area (Å²) in [6.45, 7) is -2.47. The topological polar surface area (TPSA) is 78.0 Å². The Balaban J connectivity index is 2.05. The first-order valence-electron chi connectivity index (χ1n) is 6.54. The largest absolute Gasteiger partial charge is 0.435 e. The van der Waals surface area contributed by atoms with E-state index in [-0.39, 0.29) is 24.8 Å². The van der Waals surface area contributed by atoms with Gasteiger partial charge in [0.15, 0.2) is 5.69 Å². The lowest BCUT2D eigenvalue weighted by molar-refractivity contribution is -0.142. The number of hydrogen-bond donors (Lipinski definition) is 3. The summed E-state index contributed by atoms with van der Waals surface area (Å²) in [6, 6.07) is 0. The van der Waals surface area contributed by atoms with E-state index in [1.54, 1.807) is 0 Å². The summed E-state index contributed by atoms with van der Waals surface area (Å²) < 4.78 is 64.1. The van der Waals surface area contributed by atoms with Gasteiger partial charge in [0.25, 0.3) is 5.92 Å². The van der Waals surface area contributed by atoms with Gasteiger partial charge in [0.1, 0.15) is 6.61 Å². The summed E-state index contributed by atoms with van der Waals surface area (Å²) in [4.78, 5) is 11.8. The number of aryl methyl sites for hydroxylation is 1. The van der Waals surface area contributed by atoms with Gasteiger partial charge in [-0.15, -0.1) is 0 Å². The average molecular weight is 327 g/mol. The lowest BCUT2D eigenvalue weighted by Crippen LogP contribution is -2.42. The Morgan fingerprint density at radius 1 is 1.36 bits per heavy atom. The van der Waals surface area contributed by atoms with E-state index in [0.29, 0.717) is 5.69 Å². The zero-order valence-electron chi connectivity index (χ0n) is 11.3. The van der Waals surface area contributed by atoms with Crippen molar-refractivity contribution in [2.24, 2.45) is 5.92 Å². The molecule has 1 heterocycles. The zero-order valence-corrected chi connectivity index (χ0v) is 11.3. The Labute approximate surface area is 121 Å². The molecule has 1 unspecified atom stereocenters. The minimum absolute atomic E-state index is 0.0900. The van der Waals surface area contributed by atoms with Crippen LogP contribution >= 0.6 is 0 Å². The monoisotopic (exact) mass is 327 g/mol. The molecule has 0 saturated heterocycles. The smallest absolute Gasteiger partial charge is 0.390 e. The molecule has 0 aliphatic heterocycles. The second kappa shape index (κ2) is 5.82. The van der Waals surface area contributed by atoms with Crippen molar-refractivity contribution in [3.63, 3.8) is 0 Å². The van der Waals surface area contributed by atoms with Gasteiger partial charge in [-0.3, -0.25) is 9.89 Å². The van der Waals surface area contributed by atoms with E-state index in [0.717, 1.165) is 0 Å². The highest BCUT2D eigenvalue weighted by molar-refractivity contribution is 5.79. The molecule has 0 spiro atoms. The van der Waals surface area contributed by atoms with Crippen LogP contribution in [0.1, 0.15) is 23.4 Å². The van der Waals surface area contributed by atoms with Crippen LogP contribution in [0.15, 0.2) is 0 Å². The summed E-state index contributed by atoms with van der Waals surface area (Å²) in [5.74, 6) is -5.05. The fraction of sp³-hybridized carbons (Fsp3) is 0.667. The number of carbonyl (C=O) groups excluding carboxylic acids is 1. The number of alkyl halides is 5. The van der Waals surface area contributed by atoms with Crippen LogP contribution in [0.5, 0.6) is 0 Å². The first kappa shape index (κ1) is 16.7. The molecule has 1 aromatic heterocycles. The highest BCUT2D eigenvalue weighted by Gasteiger charge is 2.40. The Hall–Kier alpha value is -1.71. The molecule has 1 amide bonds. The normalized spacial score (nSPS) is 18.9. The van der Waals surface area contributed by atoms with Gasteiger partial charge in [0.05, 0.1) is 6.54 Å². The average Bonchev–Trinajstić information content (AvgIpc) is 2.87. The van der Waals surface area contributed by atoms with Gasteiger partial charge in [-0.1, -0.05) is 0 Å². The molecule has 1 aliphatic rings. The van der Waals surface area contributed by atoms with Crippen LogP contribution in [0.2, 0.25) is 0 Å². The van der Waals surface area contributed by atoms with Gasteiger partial charge in [-0.25, -0.2) is 8.78 Å². The minimum atomic E-state index is -4.63. The van der Waals surface area contributed by atoms with Gasteiger partial charge < -0.3 is 10.4 Å². The molecule has 1 aliphatic carbocycles. The molecule has 2 rings (SSSR count). The summed E-state index contributed by atoms with van der Waals surface area (Å²) in [6.07, 6.45) is -4.42. The molecule has 3 N–H and O–H groups in total. The third kappa shape index (κ3) is 3.54. The summed E-state index contributed by atoms with van der Waals surface area (Å²) in [7, 11) is 0. The van der Waals surface area contributed by atoms with Crippen LogP contribution in [0.4, 0.5) is 22.0 Å². The van der Waals surface area contributed by atoms with Gasteiger partial charge in [0, 0.05) is 17.2 Å². The fourth-order valence-corrected chi connectivity index (χ4v) is 2.37. The van der Waals surface area contributed by atoms with Gasteiger partial charge in [0.2, 0.25) is 5.91 Å². The minimum Gasteiger partial charge on any atom is -0.390 e. The predicted molar refractivity (Wildman–Crippen MR) is 64.1 cm³/mol. The van der Waals surface area contributed by atoms with Crippen molar-refractivity contribution in [1.29, 1.82) is 0 Å². The molecule has 0 radical (unpaired) electrons. The molecule has 0 fully saturated rings. The van der Waals surface area contributed by atoms with Crippen LogP contribution in [0, 0.1) is 5.92 Å². The molecular formula is C12H14F5N3O2. The number of rotatable bonds is 4. The Bertz CT molecular complexity index is 555. The zero-order chi connectivity index (χ0) is 16.5. The van der Waals surface area contributed by atoms with E-state index >= 15 is 0 Å². The standard InChI is InChI=1S/C12H14F5N3O2/c13-11(14,5-21)4-18-10(22)6-1-2-8-7(3-6)9(20-19-8)12(15,16)17/h6,21H,1-5H2,(H,18,22)(H,19,20). The quantitative estimate of drug-likeness (QED) is 0.729. The maximum atomic E-state index is 12.9. The van der Waals surface area contributed by atoms with E-state index < -0.39 is 42.8 Å². The van der Waals surface area contributed by atoms with Crippen molar-refractivity contribution in [1.82, 2.24) is 15.5 Å². The molecule has 10 heteroatoms. The lowest BCUT2D eigenvalue weighted by atomic mass is 9.85. The number of nitrogens with one attached hydrogen (secondary N) is 2. The van der Waals surface area contributed by atoms with Crippen molar-refractivity contribution in [2.45, 2.75) is 31.4 Å². The van der Waals surface area contributed by atoms with Crippen LogP contribution in [0.3, 0.4) is 0 Å². The number of aromatic nitrogens is 2. The maximum absolute atomic E-state index is 12.9. The molecule has 0 bridgehead atoms. The van der Waals surface area contributed by atoms with E-state index in [1.807, 2.05) is 5.32 Å². The molecular weight excluding hydrogens is 313 g/mol. The Morgan fingerprint density at radius 3 is 2.64 bits per heavy atom. The van der Waals surface area contributed by atoms with Crippen molar-refractivity contribution < 1.29 is 31.9 Å². The van der Waals surface area contributed by atoms with E-state index in [4.69, 9.17) is 5.11 Å². The van der Waals surface area contributed by atoms with Crippen molar-refractivity contribution >= 4 is 5.91 Å². The van der Waals surface area contributed by atoms with E-state index in [2.05, 4.69) is 10.2 Å². The van der Waals surface area contributed by atoms with E-state index in [9.17, 15) is 26.7 Å². The molecule has 0 saturated carbocycles. The van der Waals surface area contributed by atoms with Crippen LogP contribution < -0.4 is 5.32 Å². The third-order valence-corrected chi connectivity index (χ3v) is 3.54. The summed E-state index contributed by atoms with van der Waals surface area (Å²) in [5.41, 5.74) is -0.842. The highest BCUT2D eigenvalue weighted by Crippen LogP contribution is 2.36. The van der Waals surface area contributed by atoms with Crippen molar-refractivity contribution in [3.05, 3.63) is 17.0 Å². The predicted octanol–water partition coefficient (Wildman–Crippen LogP) is 1.28. The van der Waals surface area contributed by atoms with Crippen molar-refractivity contribution in [2.75, 3.05) is 13.2 Å². The number of nitrogens with zero attached hydrogens (tertiary/aromatic N) is 1.